The van der Waals surface area contributed by atoms with Crippen molar-refractivity contribution in [1.29, 1.82) is 0 Å². The minimum atomic E-state index is -0.168. The molecule has 3 aromatic rings. The third-order valence-electron chi connectivity index (χ3n) is 8.36. The van der Waals surface area contributed by atoms with Gasteiger partial charge in [0, 0.05) is 21.5 Å². The molecule has 1 aliphatic carbocycles. The van der Waals surface area contributed by atoms with Crippen molar-refractivity contribution >= 4 is 46.1 Å². The van der Waals surface area contributed by atoms with E-state index >= 15 is 0 Å². The number of nitrogens with one attached hydrogen (secondary N) is 1. The van der Waals surface area contributed by atoms with Crippen LogP contribution in [0, 0.1) is 21.6 Å². The average molecular weight is 697 g/mol. The Morgan fingerprint density at radius 3 is 2.74 bits per heavy atom. The van der Waals surface area contributed by atoms with Crippen molar-refractivity contribution in [2.45, 2.75) is 58.7 Å². The topological polar surface area (TPSA) is 91.0 Å². The number of halogens is 1. The number of nitrogens with zero attached hydrogens (tertiary/aromatic N) is 3. The number of amides is 1. The molecule has 0 radical (unpaired) electrons. The first kappa shape index (κ1) is 29.4. The first-order valence-electron chi connectivity index (χ1n) is 14.9. The van der Waals surface area contributed by atoms with Crippen LogP contribution >= 0.6 is 22.6 Å². The number of hydroxylamine groups is 1. The Balaban J connectivity index is 1.04. The first-order valence-corrected chi connectivity index (χ1v) is 16.0. The summed E-state index contributed by atoms with van der Waals surface area (Å²) in [6, 6.07) is 11.7. The van der Waals surface area contributed by atoms with Gasteiger partial charge in [0.05, 0.1) is 38.0 Å². The lowest BCUT2D eigenvalue weighted by atomic mass is 9.92. The molecular weight excluding hydrogens is 659 g/mol. The van der Waals surface area contributed by atoms with E-state index in [4.69, 9.17) is 14.2 Å². The smallest absolute Gasteiger partial charge is 0.262 e. The van der Waals surface area contributed by atoms with E-state index in [1.165, 1.54) is 0 Å². The van der Waals surface area contributed by atoms with Crippen molar-refractivity contribution in [3.8, 4) is 17.2 Å². The number of hydrogen-bond acceptors (Lipinski definition) is 6. The predicted molar refractivity (Wildman–Crippen MR) is 176 cm³/mol. The molecule has 2 aliphatic heterocycles. The van der Waals surface area contributed by atoms with E-state index in [2.05, 4.69) is 44.6 Å². The van der Waals surface area contributed by atoms with E-state index in [1.807, 2.05) is 55.3 Å². The number of benzene rings is 2. The summed E-state index contributed by atoms with van der Waals surface area (Å²) in [4.78, 5) is 15.4. The summed E-state index contributed by atoms with van der Waals surface area (Å²) in [5, 5.41) is 16.2. The molecule has 1 amide bonds. The van der Waals surface area contributed by atoms with Crippen LogP contribution in [0.1, 0.15) is 60.6 Å². The maximum atomic E-state index is 13.6. The van der Waals surface area contributed by atoms with Crippen LogP contribution in [0.25, 0.3) is 0 Å². The number of anilines is 2. The highest BCUT2D eigenvalue weighted by atomic mass is 127. The molecule has 3 aliphatic rings. The minimum Gasteiger partial charge on any atom is -0.618 e. The summed E-state index contributed by atoms with van der Waals surface area (Å²) in [6.45, 7) is 5.75. The number of methoxy groups -OCH3 is 1. The van der Waals surface area contributed by atoms with Crippen LogP contribution in [0.2, 0.25) is 0 Å². The van der Waals surface area contributed by atoms with Gasteiger partial charge in [0.1, 0.15) is 11.9 Å². The molecule has 10 heteroatoms. The molecule has 0 spiro atoms. The molecule has 226 valence electrons. The molecule has 6 rings (SSSR count). The third kappa shape index (κ3) is 5.93. The average Bonchev–Trinajstić information content (AvgIpc) is 3.23. The van der Waals surface area contributed by atoms with Crippen LogP contribution in [0.3, 0.4) is 0 Å². The maximum Gasteiger partial charge on any atom is 0.262 e. The Labute approximate surface area is 265 Å². The van der Waals surface area contributed by atoms with Gasteiger partial charge in [-0.15, -0.1) is 0 Å². The molecule has 1 unspecified atom stereocenters. The molecule has 1 N–H and O–H groups in total. The van der Waals surface area contributed by atoms with Crippen molar-refractivity contribution in [2.24, 2.45) is 5.92 Å². The summed E-state index contributed by atoms with van der Waals surface area (Å²) in [6.07, 6.45) is 10.1. The van der Waals surface area contributed by atoms with Gasteiger partial charge in [0.25, 0.3) is 5.91 Å². The Hall–Kier alpha value is -3.67. The van der Waals surface area contributed by atoms with Crippen molar-refractivity contribution in [3.05, 3.63) is 80.0 Å². The highest BCUT2D eigenvalue weighted by Crippen LogP contribution is 2.38. The highest BCUT2D eigenvalue weighted by Gasteiger charge is 2.33. The lowest BCUT2D eigenvalue weighted by molar-refractivity contribution is -0.406. The normalized spacial score (nSPS) is 19.3. The number of unbranched alkanes of at least 4 members (excludes halogenated alkanes) is 1. The van der Waals surface area contributed by atoms with E-state index in [9.17, 15) is 10.0 Å². The molecule has 0 bridgehead atoms. The monoisotopic (exact) mass is 696 g/mol. The zero-order valence-electron chi connectivity index (χ0n) is 24.8. The fourth-order valence-electron chi connectivity index (χ4n) is 6.22. The van der Waals surface area contributed by atoms with Gasteiger partial charge in [-0.1, -0.05) is 0 Å². The Morgan fingerprint density at radius 1 is 1.14 bits per heavy atom. The largest absolute Gasteiger partial charge is 0.618 e. The lowest BCUT2D eigenvalue weighted by Gasteiger charge is -2.36. The minimum absolute atomic E-state index is 0.0441. The lowest BCUT2D eigenvalue weighted by Crippen LogP contribution is -2.47. The molecule has 3 heterocycles. The molecule has 43 heavy (non-hydrogen) atoms. The van der Waals surface area contributed by atoms with Crippen LogP contribution < -0.4 is 24.4 Å². The summed E-state index contributed by atoms with van der Waals surface area (Å²) in [5.41, 5.74) is 4.96. The molecule has 1 aromatic heterocycles. The quantitative estimate of drug-likeness (QED) is 0.116. The first-order chi connectivity index (χ1) is 20.8. The number of carbonyl (C=O) groups is 1. The van der Waals surface area contributed by atoms with Crippen LogP contribution in [0.4, 0.5) is 11.4 Å². The molecule has 2 aromatic carbocycles. The molecule has 0 saturated carbocycles. The number of allylic oxidation sites excluding steroid dienone is 2. The Bertz CT molecular complexity index is 1600. The van der Waals surface area contributed by atoms with Crippen molar-refractivity contribution < 1.29 is 23.7 Å². The zero-order chi connectivity index (χ0) is 30.1. The summed E-state index contributed by atoms with van der Waals surface area (Å²) < 4.78 is 22.0. The SMILES string of the molecule is COc1c(OCCCCOc2ccc3c(c2)C(=O)N(c2ccc(I)cc2C)C(C)N3)cn2c1C=[N+]([O-])C1=CCCC[C@H]1C2. The van der Waals surface area contributed by atoms with Crippen LogP contribution in [-0.2, 0) is 6.54 Å². The third-order valence-corrected chi connectivity index (χ3v) is 9.03. The zero-order valence-corrected chi connectivity index (χ0v) is 26.9. The van der Waals surface area contributed by atoms with Gasteiger partial charge in [0.15, 0.2) is 22.9 Å². The Kier molecular flexibility index (Phi) is 8.56. The second-order valence-corrected chi connectivity index (χ2v) is 12.6. The van der Waals surface area contributed by atoms with Gasteiger partial charge in [-0.2, -0.15) is 4.74 Å². The second kappa shape index (κ2) is 12.5. The van der Waals surface area contributed by atoms with Crippen LogP contribution in [-0.4, -0.2) is 47.9 Å². The Morgan fingerprint density at radius 2 is 1.95 bits per heavy atom. The molecule has 0 saturated heterocycles. The standard InChI is InChI=1S/C33H37IN4O5/c1-21-16-24(34)10-13-28(21)38-22(2)35-27-12-11-25(17-26(27)33(38)39)42-14-6-7-15-43-31-20-36-18-23-8-4-5-9-29(23)37(40)19-30(36)32(31)41-3/h9-13,16-17,19-20,22-23,35H,4-8,14-15,18H2,1-3H3/t22?,23-/m0/s1. The van der Waals surface area contributed by atoms with E-state index in [1.54, 1.807) is 13.3 Å². The summed E-state index contributed by atoms with van der Waals surface area (Å²) >= 11 is 2.28. The van der Waals surface area contributed by atoms with Gasteiger partial charge in [-0.3, -0.25) is 9.69 Å². The maximum absolute atomic E-state index is 13.6. The fraction of sp³-hybridized carbons (Fsp3) is 0.394. The molecule has 2 atom stereocenters. The van der Waals surface area contributed by atoms with Gasteiger partial charge >= 0.3 is 0 Å². The van der Waals surface area contributed by atoms with Gasteiger partial charge in [-0.25, -0.2) is 0 Å². The molecule has 0 fully saturated rings. The van der Waals surface area contributed by atoms with E-state index in [-0.39, 0.29) is 18.0 Å². The molecule has 9 nitrogen and oxygen atoms in total. The van der Waals surface area contributed by atoms with E-state index in [0.717, 1.165) is 75.3 Å². The van der Waals surface area contributed by atoms with Crippen molar-refractivity contribution in [2.75, 3.05) is 30.5 Å². The highest BCUT2D eigenvalue weighted by molar-refractivity contribution is 14.1. The van der Waals surface area contributed by atoms with Gasteiger partial charge in [-0.05, 0) is 117 Å². The van der Waals surface area contributed by atoms with E-state index in [0.29, 0.717) is 36.0 Å². The van der Waals surface area contributed by atoms with Crippen LogP contribution in [0.5, 0.6) is 17.2 Å². The van der Waals surface area contributed by atoms with Gasteiger partial charge in [0.2, 0.25) is 6.21 Å². The van der Waals surface area contributed by atoms with Crippen molar-refractivity contribution in [3.63, 3.8) is 0 Å². The number of fused-ring (bicyclic) bond motifs is 3. The number of aryl methyl sites for hydroxylation is 1. The van der Waals surface area contributed by atoms with E-state index < -0.39 is 0 Å². The summed E-state index contributed by atoms with van der Waals surface area (Å²) in [5.74, 6) is 2.06. The predicted octanol–water partition coefficient (Wildman–Crippen LogP) is 6.69. The fourth-order valence-corrected chi connectivity index (χ4v) is 6.87. The number of rotatable bonds is 9. The number of ether oxygens (including phenoxy) is 3. The van der Waals surface area contributed by atoms with Crippen molar-refractivity contribution in [1.82, 2.24) is 4.57 Å². The molecular formula is C33H37IN4O5. The number of aromatic nitrogens is 1. The summed E-state index contributed by atoms with van der Waals surface area (Å²) in [7, 11) is 1.61. The second-order valence-electron chi connectivity index (χ2n) is 11.3. The van der Waals surface area contributed by atoms with Crippen LogP contribution in [0.15, 0.2) is 54.4 Å². The van der Waals surface area contributed by atoms with Gasteiger partial charge < -0.3 is 29.3 Å². The number of carbonyl (C=O) groups excluding carboxylic acids is 1. The number of hydrogen-bond donors (Lipinski definition) is 1.